The Morgan fingerprint density at radius 2 is 2.22 bits per heavy atom. The summed E-state index contributed by atoms with van der Waals surface area (Å²) in [4.78, 5) is 24.2. The van der Waals surface area contributed by atoms with Gasteiger partial charge in [0.25, 0.3) is 5.91 Å². The van der Waals surface area contributed by atoms with E-state index in [1.165, 1.54) is 13.2 Å². The molecule has 2 aromatic rings. The number of nitrogens with one attached hydrogen (secondary N) is 1. The van der Waals surface area contributed by atoms with Crippen molar-refractivity contribution in [3.8, 4) is 11.6 Å². The number of fused-ring (bicyclic) bond motifs is 2. The lowest BCUT2D eigenvalue weighted by Crippen LogP contribution is -2.42. The van der Waals surface area contributed by atoms with Crippen LogP contribution in [0.25, 0.3) is 0 Å². The molecule has 4 rings (SSSR count). The number of hydrogen-bond donors (Lipinski definition) is 1. The van der Waals surface area contributed by atoms with Gasteiger partial charge < -0.3 is 19.5 Å². The van der Waals surface area contributed by atoms with Crippen molar-refractivity contribution in [2.24, 2.45) is 0 Å². The molecule has 0 saturated carbocycles. The Morgan fingerprint density at radius 3 is 3.04 bits per heavy atom. The van der Waals surface area contributed by atoms with Gasteiger partial charge in [0.2, 0.25) is 5.88 Å². The lowest BCUT2D eigenvalue weighted by atomic mass is 10.0. The first-order valence-electron chi connectivity index (χ1n) is 8.58. The molecule has 0 saturated heterocycles. The maximum atomic E-state index is 12.6. The fourth-order valence-corrected chi connectivity index (χ4v) is 3.42. The summed E-state index contributed by atoms with van der Waals surface area (Å²) in [6, 6.07) is 6.78. The zero-order valence-electron chi connectivity index (χ0n) is 14.6. The SMILES string of the molecule is COC(=O)C1CCn2nc(C(=O)N[C@H]3COc4ccc(Cl)cc4C3)cc2O1. The minimum absolute atomic E-state index is 0.189. The fraction of sp³-hybridized carbons (Fsp3) is 0.389. The molecule has 0 radical (unpaired) electrons. The second kappa shape index (κ2) is 7.11. The lowest BCUT2D eigenvalue weighted by Gasteiger charge is -2.25. The van der Waals surface area contributed by atoms with Gasteiger partial charge in [-0.3, -0.25) is 4.79 Å². The smallest absolute Gasteiger partial charge is 0.347 e. The standard InChI is InChI=1S/C18H18ClN3O5/c1-25-18(24)15-4-5-22-16(27-15)8-13(21-22)17(23)20-12-7-10-6-11(19)2-3-14(10)26-9-12/h2-3,6,8,12,15H,4-5,7,9H2,1H3,(H,20,23)/t12-,15?/m1/s1. The second-order valence-corrected chi connectivity index (χ2v) is 6.88. The molecule has 1 N–H and O–H groups in total. The van der Waals surface area contributed by atoms with E-state index >= 15 is 0 Å². The maximum absolute atomic E-state index is 12.6. The number of nitrogens with zero attached hydrogens (tertiary/aromatic N) is 2. The van der Waals surface area contributed by atoms with Gasteiger partial charge in [-0.25, -0.2) is 9.48 Å². The number of halogens is 1. The van der Waals surface area contributed by atoms with Gasteiger partial charge in [-0.05, 0) is 30.2 Å². The van der Waals surface area contributed by atoms with Crippen LogP contribution in [0, 0.1) is 0 Å². The number of benzene rings is 1. The number of amides is 1. The number of esters is 1. The Morgan fingerprint density at radius 1 is 1.37 bits per heavy atom. The molecule has 9 heteroatoms. The van der Waals surface area contributed by atoms with Gasteiger partial charge in [-0.15, -0.1) is 0 Å². The van der Waals surface area contributed by atoms with Gasteiger partial charge in [0.15, 0.2) is 11.8 Å². The predicted octanol–water partition coefficient (Wildman–Crippen LogP) is 1.59. The van der Waals surface area contributed by atoms with Crippen LogP contribution in [0.1, 0.15) is 22.5 Å². The zero-order chi connectivity index (χ0) is 19.0. The van der Waals surface area contributed by atoms with Crippen molar-refractivity contribution in [1.82, 2.24) is 15.1 Å². The van der Waals surface area contributed by atoms with Gasteiger partial charge in [-0.1, -0.05) is 11.6 Å². The summed E-state index contributed by atoms with van der Waals surface area (Å²) >= 11 is 6.03. The number of aryl methyl sites for hydroxylation is 1. The second-order valence-electron chi connectivity index (χ2n) is 6.45. The van der Waals surface area contributed by atoms with Gasteiger partial charge in [0.05, 0.1) is 13.2 Å². The maximum Gasteiger partial charge on any atom is 0.347 e. The number of ether oxygens (including phenoxy) is 3. The van der Waals surface area contributed by atoms with E-state index in [1.54, 1.807) is 10.7 Å². The number of methoxy groups -OCH3 is 1. The molecule has 8 nitrogen and oxygen atoms in total. The average Bonchev–Trinajstić information content (AvgIpc) is 3.10. The van der Waals surface area contributed by atoms with Crippen molar-refractivity contribution < 1.29 is 23.8 Å². The molecule has 1 amide bonds. The van der Waals surface area contributed by atoms with Crippen molar-refractivity contribution in [2.75, 3.05) is 13.7 Å². The van der Waals surface area contributed by atoms with Gasteiger partial charge in [0, 0.05) is 24.1 Å². The number of aromatic nitrogens is 2. The molecule has 0 aliphatic carbocycles. The first kappa shape index (κ1) is 17.7. The van der Waals surface area contributed by atoms with Crippen LogP contribution in [0.3, 0.4) is 0 Å². The first-order chi connectivity index (χ1) is 13.0. The summed E-state index contributed by atoms with van der Waals surface area (Å²) in [5.41, 5.74) is 1.18. The number of rotatable bonds is 3. The largest absolute Gasteiger partial charge is 0.491 e. The van der Waals surface area contributed by atoms with E-state index in [0.29, 0.717) is 36.9 Å². The monoisotopic (exact) mass is 391 g/mol. The highest BCUT2D eigenvalue weighted by Crippen LogP contribution is 2.28. The number of carbonyl (C=O) groups is 2. The van der Waals surface area contributed by atoms with Crippen LogP contribution in [0.4, 0.5) is 0 Å². The lowest BCUT2D eigenvalue weighted by molar-refractivity contribution is -0.150. The molecule has 1 unspecified atom stereocenters. The van der Waals surface area contributed by atoms with E-state index in [1.807, 2.05) is 12.1 Å². The molecule has 2 aliphatic rings. The molecular formula is C18H18ClN3O5. The molecule has 3 heterocycles. The molecule has 2 aliphatic heterocycles. The van der Waals surface area contributed by atoms with Crippen molar-refractivity contribution in [3.05, 3.63) is 40.5 Å². The molecule has 0 fully saturated rings. The third-order valence-corrected chi connectivity index (χ3v) is 4.81. The van der Waals surface area contributed by atoms with E-state index in [-0.39, 0.29) is 17.6 Å². The van der Waals surface area contributed by atoms with Crippen LogP contribution in [0.15, 0.2) is 24.3 Å². The van der Waals surface area contributed by atoms with E-state index in [0.717, 1.165) is 11.3 Å². The summed E-state index contributed by atoms with van der Waals surface area (Å²) in [7, 11) is 1.31. The minimum atomic E-state index is -0.678. The van der Waals surface area contributed by atoms with Crippen molar-refractivity contribution in [1.29, 1.82) is 0 Å². The molecular weight excluding hydrogens is 374 g/mol. The first-order valence-corrected chi connectivity index (χ1v) is 8.95. The summed E-state index contributed by atoms with van der Waals surface area (Å²) in [6.07, 6.45) is 0.384. The summed E-state index contributed by atoms with van der Waals surface area (Å²) in [5, 5.41) is 7.81. The van der Waals surface area contributed by atoms with Crippen molar-refractivity contribution in [2.45, 2.75) is 31.5 Å². The van der Waals surface area contributed by atoms with E-state index in [2.05, 4.69) is 10.4 Å². The third kappa shape index (κ3) is 3.57. The van der Waals surface area contributed by atoms with Crippen LogP contribution in [0.5, 0.6) is 11.6 Å². The number of carbonyl (C=O) groups excluding carboxylic acids is 2. The molecule has 27 heavy (non-hydrogen) atoms. The highest BCUT2D eigenvalue weighted by molar-refractivity contribution is 6.30. The molecule has 2 atom stereocenters. The van der Waals surface area contributed by atoms with Gasteiger partial charge in [0.1, 0.15) is 12.4 Å². The Bertz CT molecular complexity index is 897. The van der Waals surface area contributed by atoms with Crippen LogP contribution >= 0.6 is 11.6 Å². The summed E-state index contributed by atoms with van der Waals surface area (Å²) in [5.74, 6) is 0.391. The minimum Gasteiger partial charge on any atom is -0.491 e. The molecule has 1 aromatic heterocycles. The van der Waals surface area contributed by atoms with Crippen LogP contribution in [-0.2, 0) is 22.5 Å². The van der Waals surface area contributed by atoms with Gasteiger partial charge in [-0.2, -0.15) is 5.10 Å². The summed E-state index contributed by atoms with van der Waals surface area (Å²) < 4.78 is 17.5. The number of hydrogen-bond acceptors (Lipinski definition) is 6. The molecule has 0 bridgehead atoms. The quantitative estimate of drug-likeness (QED) is 0.799. The molecule has 142 valence electrons. The highest BCUT2D eigenvalue weighted by Gasteiger charge is 2.30. The van der Waals surface area contributed by atoms with Crippen LogP contribution in [-0.4, -0.2) is 47.5 Å². The Balaban J connectivity index is 1.43. The van der Waals surface area contributed by atoms with E-state index in [4.69, 9.17) is 25.8 Å². The Labute approximate surface area is 160 Å². The van der Waals surface area contributed by atoms with Crippen molar-refractivity contribution in [3.63, 3.8) is 0 Å². The topological polar surface area (TPSA) is 91.7 Å². The van der Waals surface area contributed by atoms with E-state index < -0.39 is 12.1 Å². The van der Waals surface area contributed by atoms with Crippen LogP contribution in [0.2, 0.25) is 5.02 Å². The predicted molar refractivity (Wildman–Crippen MR) is 95.2 cm³/mol. The fourth-order valence-electron chi connectivity index (χ4n) is 3.22. The van der Waals surface area contributed by atoms with E-state index in [9.17, 15) is 9.59 Å². The average molecular weight is 392 g/mol. The molecule has 0 spiro atoms. The normalized spacial score (nSPS) is 20.5. The van der Waals surface area contributed by atoms with Gasteiger partial charge >= 0.3 is 5.97 Å². The highest BCUT2D eigenvalue weighted by atomic mass is 35.5. The zero-order valence-corrected chi connectivity index (χ0v) is 15.4. The van der Waals surface area contributed by atoms with Crippen molar-refractivity contribution >= 4 is 23.5 Å². The Kier molecular flexibility index (Phi) is 4.65. The molecule has 1 aromatic carbocycles. The Hall–Kier alpha value is -2.74. The third-order valence-electron chi connectivity index (χ3n) is 4.57. The summed E-state index contributed by atoms with van der Waals surface area (Å²) in [6.45, 7) is 0.843. The van der Waals surface area contributed by atoms with Crippen LogP contribution < -0.4 is 14.8 Å².